The van der Waals surface area contributed by atoms with Gasteiger partial charge in [-0.05, 0) is 62.2 Å². The van der Waals surface area contributed by atoms with Gasteiger partial charge in [-0.1, -0.05) is 0 Å². The van der Waals surface area contributed by atoms with Gasteiger partial charge in [-0.2, -0.15) is 0 Å². The first kappa shape index (κ1) is 20.8. The fourth-order valence-electron chi connectivity index (χ4n) is 2.26. The number of halogens is 1. The number of nitro benzene ring substituents is 1. The summed E-state index contributed by atoms with van der Waals surface area (Å²) in [5.41, 5.74) is 1.24. The third-order valence-corrected chi connectivity index (χ3v) is 3.89. The molecule has 0 aromatic heterocycles. The lowest BCUT2D eigenvalue weighted by atomic mass is 10.1. The van der Waals surface area contributed by atoms with Gasteiger partial charge < -0.3 is 14.8 Å². The van der Waals surface area contributed by atoms with Crippen LogP contribution in [0.4, 0.5) is 15.8 Å². The average molecular weight is 390 g/mol. The largest absolute Gasteiger partial charge is 0.479 e. The van der Waals surface area contributed by atoms with Crippen molar-refractivity contribution in [3.8, 4) is 5.75 Å². The maximum absolute atomic E-state index is 12.9. The molecule has 2 rings (SSSR count). The highest BCUT2D eigenvalue weighted by molar-refractivity contribution is 5.95. The Hall–Kier alpha value is -3.49. The van der Waals surface area contributed by atoms with Crippen molar-refractivity contribution >= 4 is 23.3 Å². The van der Waals surface area contributed by atoms with Crippen molar-refractivity contribution in [2.75, 3.05) is 11.9 Å². The smallest absolute Gasteiger partial charge is 0.347 e. The van der Waals surface area contributed by atoms with Crippen LogP contribution in [0.25, 0.3) is 0 Å². The first-order chi connectivity index (χ1) is 13.2. The Morgan fingerprint density at radius 3 is 2.39 bits per heavy atom. The fraction of sp³-hybridized carbons (Fsp3) is 0.263. The quantitative estimate of drug-likeness (QED) is 0.441. The number of carbonyl (C=O) groups is 2. The lowest BCUT2D eigenvalue weighted by Gasteiger charge is -2.14. The van der Waals surface area contributed by atoms with Crippen molar-refractivity contribution < 1.29 is 28.4 Å². The topological polar surface area (TPSA) is 108 Å². The number of ether oxygens (including phenoxy) is 2. The van der Waals surface area contributed by atoms with E-state index < -0.39 is 35.3 Å². The second-order valence-electron chi connectivity index (χ2n) is 6.08. The molecule has 0 bridgehead atoms. The number of benzene rings is 2. The molecule has 1 atom stereocenters. The van der Waals surface area contributed by atoms with E-state index in [2.05, 4.69) is 5.32 Å². The second kappa shape index (κ2) is 8.94. The van der Waals surface area contributed by atoms with Crippen LogP contribution in [0.2, 0.25) is 0 Å². The molecule has 0 saturated heterocycles. The first-order valence-electron chi connectivity index (χ1n) is 8.31. The fourth-order valence-corrected chi connectivity index (χ4v) is 2.26. The van der Waals surface area contributed by atoms with Crippen molar-refractivity contribution in [2.45, 2.75) is 26.9 Å². The number of nitrogens with one attached hydrogen (secondary N) is 1. The zero-order valence-electron chi connectivity index (χ0n) is 15.5. The molecule has 0 heterocycles. The van der Waals surface area contributed by atoms with Crippen LogP contribution in [0, 0.1) is 29.8 Å². The van der Waals surface area contributed by atoms with E-state index in [0.717, 1.165) is 5.56 Å². The molecule has 0 radical (unpaired) electrons. The number of esters is 1. The molecule has 0 spiro atoms. The summed E-state index contributed by atoms with van der Waals surface area (Å²) in [6.45, 7) is 4.25. The standard InChI is InChI=1S/C19H19FN2O6/c1-11-8-16(17(22(25)26)9-12(11)2)21-18(23)10-27-19(24)13(3)28-15-6-4-14(20)5-7-15/h4-9,13H,10H2,1-3H3,(H,21,23)/t13-/m0/s1. The molecule has 28 heavy (non-hydrogen) atoms. The van der Waals surface area contributed by atoms with Crippen molar-refractivity contribution in [2.24, 2.45) is 0 Å². The number of anilines is 1. The summed E-state index contributed by atoms with van der Waals surface area (Å²) >= 11 is 0. The summed E-state index contributed by atoms with van der Waals surface area (Å²) < 4.78 is 23.0. The summed E-state index contributed by atoms with van der Waals surface area (Å²) in [6, 6.07) is 7.90. The monoisotopic (exact) mass is 390 g/mol. The zero-order chi connectivity index (χ0) is 20.8. The Morgan fingerprint density at radius 1 is 1.18 bits per heavy atom. The number of amides is 1. The Bertz CT molecular complexity index is 898. The van der Waals surface area contributed by atoms with Gasteiger partial charge in [0.15, 0.2) is 12.7 Å². The minimum Gasteiger partial charge on any atom is -0.479 e. The summed E-state index contributed by atoms with van der Waals surface area (Å²) in [6.07, 6.45) is -1.03. The SMILES string of the molecule is Cc1cc(NC(=O)COC(=O)[C@H](C)Oc2ccc(F)cc2)c([N+](=O)[O-])cc1C. The van der Waals surface area contributed by atoms with Crippen LogP contribution in [0.15, 0.2) is 36.4 Å². The molecule has 8 nitrogen and oxygen atoms in total. The molecule has 1 amide bonds. The average Bonchev–Trinajstić information content (AvgIpc) is 2.64. The number of nitrogens with zero attached hydrogens (tertiary/aromatic N) is 1. The van der Waals surface area contributed by atoms with Crippen molar-refractivity contribution in [1.82, 2.24) is 0 Å². The maximum atomic E-state index is 12.9. The molecule has 148 valence electrons. The second-order valence-corrected chi connectivity index (χ2v) is 6.08. The molecular formula is C19H19FN2O6. The van der Waals surface area contributed by atoms with Gasteiger partial charge in [-0.25, -0.2) is 9.18 Å². The van der Waals surface area contributed by atoms with Gasteiger partial charge in [0, 0.05) is 6.07 Å². The highest BCUT2D eigenvalue weighted by atomic mass is 19.1. The van der Waals surface area contributed by atoms with Crippen LogP contribution in [-0.2, 0) is 14.3 Å². The van der Waals surface area contributed by atoms with Gasteiger partial charge in [0.05, 0.1) is 4.92 Å². The lowest BCUT2D eigenvalue weighted by molar-refractivity contribution is -0.384. The van der Waals surface area contributed by atoms with E-state index in [1.165, 1.54) is 43.3 Å². The van der Waals surface area contributed by atoms with E-state index in [9.17, 15) is 24.1 Å². The van der Waals surface area contributed by atoms with Crippen LogP contribution in [0.1, 0.15) is 18.1 Å². The van der Waals surface area contributed by atoms with Crippen LogP contribution < -0.4 is 10.1 Å². The Kier molecular flexibility index (Phi) is 6.64. The number of hydrogen-bond donors (Lipinski definition) is 1. The summed E-state index contributed by atoms with van der Waals surface area (Å²) in [5.74, 6) is -1.72. The van der Waals surface area contributed by atoms with Gasteiger partial charge in [-0.3, -0.25) is 14.9 Å². The first-order valence-corrected chi connectivity index (χ1v) is 8.31. The molecule has 0 aliphatic heterocycles. The molecule has 2 aromatic carbocycles. The third kappa shape index (κ3) is 5.50. The minimum absolute atomic E-state index is 0.0183. The van der Waals surface area contributed by atoms with E-state index >= 15 is 0 Å². The van der Waals surface area contributed by atoms with E-state index in [1.54, 1.807) is 13.8 Å². The molecule has 0 aliphatic carbocycles. The van der Waals surface area contributed by atoms with Crippen LogP contribution >= 0.6 is 0 Å². The normalized spacial score (nSPS) is 11.4. The molecule has 1 N–H and O–H groups in total. The Balaban J connectivity index is 1.93. The predicted molar refractivity (Wildman–Crippen MR) is 98.6 cm³/mol. The molecule has 0 fully saturated rings. The van der Waals surface area contributed by atoms with E-state index in [1.807, 2.05) is 0 Å². The highest BCUT2D eigenvalue weighted by Gasteiger charge is 2.20. The predicted octanol–water partition coefficient (Wildman–Crippen LogP) is 3.30. The van der Waals surface area contributed by atoms with Gasteiger partial charge in [0.2, 0.25) is 0 Å². The minimum atomic E-state index is -1.03. The van der Waals surface area contributed by atoms with Gasteiger partial charge in [0.25, 0.3) is 11.6 Å². The lowest BCUT2D eigenvalue weighted by Crippen LogP contribution is -2.29. The van der Waals surface area contributed by atoms with Crippen molar-refractivity contribution in [3.63, 3.8) is 0 Å². The summed E-state index contributed by atoms with van der Waals surface area (Å²) in [4.78, 5) is 34.5. The van der Waals surface area contributed by atoms with Gasteiger partial charge in [-0.15, -0.1) is 0 Å². The Morgan fingerprint density at radius 2 is 1.79 bits per heavy atom. The van der Waals surface area contributed by atoms with E-state index in [4.69, 9.17) is 9.47 Å². The molecule has 0 saturated carbocycles. The number of aryl methyl sites for hydroxylation is 2. The molecule has 9 heteroatoms. The zero-order valence-corrected chi connectivity index (χ0v) is 15.5. The van der Waals surface area contributed by atoms with Crippen LogP contribution in [0.3, 0.4) is 0 Å². The van der Waals surface area contributed by atoms with Gasteiger partial charge in [0.1, 0.15) is 17.3 Å². The molecular weight excluding hydrogens is 371 g/mol. The van der Waals surface area contributed by atoms with E-state index in [-0.39, 0.29) is 17.1 Å². The summed E-state index contributed by atoms with van der Waals surface area (Å²) in [7, 11) is 0. The highest BCUT2D eigenvalue weighted by Crippen LogP contribution is 2.27. The number of rotatable bonds is 7. The van der Waals surface area contributed by atoms with Gasteiger partial charge >= 0.3 is 5.97 Å². The number of carbonyl (C=O) groups excluding carboxylic acids is 2. The third-order valence-electron chi connectivity index (χ3n) is 3.89. The molecule has 2 aromatic rings. The van der Waals surface area contributed by atoms with Crippen LogP contribution in [0.5, 0.6) is 5.75 Å². The van der Waals surface area contributed by atoms with Crippen LogP contribution in [-0.4, -0.2) is 29.5 Å². The summed E-state index contributed by atoms with van der Waals surface area (Å²) in [5, 5.41) is 13.5. The number of hydrogen-bond acceptors (Lipinski definition) is 6. The maximum Gasteiger partial charge on any atom is 0.347 e. The Labute approximate surface area is 160 Å². The van der Waals surface area contributed by atoms with E-state index in [0.29, 0.717) is 5.56 Å². The van der Waals surface area contributed by atoms with Crippen molar-refractivity contribution in [1.29, 1.82) is 0 Å². The number of nitro groups is 1. The molecule has 0 aliphatic rings. The molecule has 0 unspecified atom stereocenters. The van der Waals surface area contributed by atoms with Crippen molar-refractivity contribution in [3.05, 3.63) is 63.5 Å².